The summed E-state index contributed by atoms with van der Waals surface area (Å²) in [6.45, 7) is 8.98. The Morgan fingerprint density at radius 3 is 2.37 bits per heavy atom. The summed E-state index contributed by atoms with van der Waals surface area (Å²) in [5, 5.41) is 4.33. The molecule has 35 heavy (non-hydrogen) atoms. The van der Waals surface area contributed by atoms with Gasteiger partial charge >= 0.3 is 6.09 Å². The topological polar surface area (TPSA) is 68.5 Å². The molecule has 3 heterocycles. The van der Waals surface area contributed by atoms with Gasteiger partial charge in [0, 0.05) is 43.4 Å². The highest BCUT2D eigenvalue weighted by atomic mass is 16.6. The zero-order valence-electron chi connectivity index (χ0n) is 20.3. The molecule has 2 aromatic carbocycles. The largest absolute Gasteiger partial charge is 0.443 e. The number of carbonyl (C=O) groups is 2. The SMILES string of the molecule is CC(C)(C)OC(=O)n1cccc1-c1ccc(-n2c(N3CCNCC3)c(C=O)c3ccccc32)cc1. The number of carbonyl (C=O) groups excluding carboxylic acids is 2. The third-order valence-electron chi connectivity index (χ3n) is 6.18. The standard InChI is InChI=1S/C28H30N4O3/c1-28(2,3)35-27(34)31-16-6-9-24(31)20-10-12-21(13-11-20)32-25-8-5-4-7-22(25)23(19-33)26(32)30-17-14-29-15-18-30/h4-13,16,19,29H,14-15,17-18H2,1-3H3. The smallest absolute Gasteiger partial charge is 0.418 e. The third kappa shape index (κ3) is 4.35. The predicted octanol–water partition coefficient (Wildman–Crippen LogP) is 5.10. The van der Waals surface area contributed by atoms with Crippen molar-refractivity contribution in [1.82, 2.24) is 14.5 Å². The van der Waals surface area contributed by atoms with Gasteiger partial charge in [0.1, 0.15) is 11.4 Å². The molecule has 7 heteroatoms. The van der Waals surface area contributed by atoms with Gasteiger partial charge < -0.3 is 15.0 Å². The minimum Gasteiger partial charge on any atom is -0.443 e. The fraction of sp³-hybridized carbons (Fsp3) is 0.286. The molecular weight excluding hydrogens is 440 g/mol. The number of aromatic nitrogens is 2. The molecule has 1 aliphatic rings. The first-order valence-electron chi connectivity index (χ1n) is 11.9. The Hall–Kier alpha value is -3.84. The minimum atomic E-state index is -0.575. The summed E-state index contributed by atoms with van der Waals surface area (Å²) >= 11 is 0. The van der Waals surface area contributed by atoms with E-state index in [0.717, 1.165) is 66.1 Å². The van der Waals surface area contributed by atoms with Gasteiger partial charge in [-0.2, -0.15) is 0 Å². The van der Waals surface area contributed by atoms with Gasteiger partial charge in [0.05, 0.1) is 16.8 Å². The number of para-hydroxylation sites is 1. The monoisotopic (exact) mass is 470 g/mol. The molecule has 2 aromatic heterocycles. The molecule has 1 N–H and O–H groups in total. The van der Waals surface area contributed by atoms with Gasteiger partial charge in [-0.1, -0.05) is 30.3 Å². The first kappa shape index (κ1) is 22.9. The van der Waals surface area contributed by atoms with Crippen molar-refractivity contribution in [3.63, 3.8) is 0 Å². The molecule has 0 spiro atoms. The third-order valence-corrected chi connectivity index (χ3v) is 6.18. The molecular formula is C28H30N4O3. The van der Waals surface area contributed by atoms with Crippen LogP contribution < -0.4 is 10.2 Å². The van der Waals surface area contributed by atoms with Gasteiger partial charge in [-0.15, -0.1) is 0 Å². The number of rotatable bonds is 4. The number of fused-ring (bicyclic) bond motifs is 1. The molecule has 1 saturated heterocycles. The van der Waals surface area contributed by atoms with Crippen molar-refractivity contribution in [2.75, 3.05) is 31.1 Å². The Morgan fingerprint density at radius 2 is 1.69 bits per heavy atom. The van der Waals surface area contributed by atoms with Crippen molar-refractivity contribution in [3.8, 4) is 16.9 Å². The molecule has 4 aromatic rings. The van der Waals surface area contributed by atoms with Gasteiger partial charge in [0.2, 0.25) is 0 Å². The lowest BCUT2D eigenvalue weighted by Gasteiger charge is -2.31. The number of piperazine rings is 1. The van der Waals surface area contributed by atoms with E-state index >= 15 is 0 Å². The predicted molar refractivity (Wildman–Crippen MR) is 139 cm³/mol. The van der Waals surface area contributed by atoms with Gasteiger partial charge in [0.25, 0.3) is 0 Å². The summed E-state index contributed by atoms with van der Waals surface area (Å²) < 4.78 is 9.26. The fourth-order valence-electron chi connectivity index (χ4n) is 4.69. The van der Waals surface area contributed by atoms with Crippen LogP contribution in [0.4, 0.5) is 10.6 Å². The van der Waals surface area contributed by atoms with E-state index in [2.05, 4.69) is 20.9 Å². The van der Waals surface area contributed by atoms with Crippen molar-refractivity contribution in [2.45, 2.75) is 26.4 Å². The average Bonchev–Trinajstić information content (AvgIpc) is 3.47. The van der Waals surface area contributed by atoms with Crippen molar-refractivity contribution in [1.29, 1.82) is 0 Å². The van der Waals surface area contributed by atoms with E-state index in [1.807, 2.05) is 75.4 Å². The average molecular weight is 471 g/mol. The quantitative estimate of drug-likeness (QED) is 0.420. The molecule has 0 unspecified atom stereocenters. The summed E-state index contributed by atoms with van der Waals surface area (Å²) in [5.74, 6) is 0.924. The van der Waals surface area contributed by atoms with Crippen LogP contribution in [0.15, 0.2) is 66.9 Å². The van der Waals surface area contributed by atoms with E-state index in [0.29, 0.717) is 5.56 Å². The van der Waals surface area contributed by atoms with Gasteiger partial charge in [-0.25, -0.2) is 4.79 Å². The molecule has 0 atom stereocenters. The van der Waals surface area contributed by atoms with Gasteiger partial charge in [-0.05, 0) is 56.7 Å². The zero-order chi connectivity index (χ0) is 24.6. The van der Waals surface area contributed by atoms with Crippen molar-refractivity contribution in [3.05, 3.63) is 72.4 Å². The highest BCUT2D eigenvalue weighted by Crippen LogP contribution is 2.35. The summed E-state index contributed by atoms with van der Waals surface area (Å²) in [6, 6.07) is 19.8. The highest BCUT2D eigenvalue weighted by molar-refractivity contribution is 6.05. The highest BCUT2D eigenvalue weighted by Gasteiger charge is 2.24. The van der Waals surface area contributed by atoms with Gasteiger partial charge in [-0.3, -0.25) is 13.9 Å². The molecule has 0 amide bonds. The van der Waals surface area contributed by atoms with Crippen molar-refractivity contribution < 1.29 is 14.3 Å². The fourth-order valence-corrected chi connectivity index (χ4v) is 4.69. The molecule has 0 aliphatic carbocycles. The summed E-state index contributed by atoms with van der Waals surface area (Å²) in [5.41, 5.74) is 3.76. The zero-order valence-corrected chi connectivity index (χ0v) is 20.3. The van der Waals surface area contributed by atoms with Crippen molar-refractivity contribution >= 4 is 29.1 Å². The van der Waals surface area contributed by atoms with Crippen LogP contribution in [-0.2, 0) is 4.74 Å². The number of anilines is 1. The number of benzene rings is 2. The van der Waals surface area contributed by atoms with Crippen LogP contribution in [0.3, 0.4) is 0 Å². The van der Waals surface area contributed by atoms with Crippen LogP contribution in [-0.4, -0.2) is 53.3 Å². The minimum absolute atomic E-state index is 0.408. The molecule has 0 bridgehead atoms. The number of ether oxygens (including phenoxy) is 1. The summed E-state index contributed by atoms with van der Waals surface area (Å²) in [7, 11) is 0. The maximum atomic E-state index is 12.7. The molecule has 7 nitrogen and oxygen atoms in total. The maximum Gasteiger partial charge on any atom is 0.418 e. The second-order valence-electron chi connectivity index (χ2n) is 9.74. The molecule has 5 rings (SSSR count). The molecule has 0 saturated carbocycles. The van der Waals surface area contributed by atoms with E-state index in [1.165, 1.54) is 4.57 Å². The Balaban J connectivity index is 1.58. The Labute approximate surface area is 204 Å². The van der Waals surface area contributed by atoms with E-state index in [-0.39, 0.29) is 0 Å². The number of hydrogen-bond acceptors (Lipinski definition) is 5. The van der Waals surface area contributed by atoms with Crippen LogP contribution >= 0.6 is 0 Å². The van der Waals surface area contributed by atoms with Crippen LogP contribution in [0.2, 0.25) is 0 Å². The number of nitrogens with one attached hydrogen (secondary N) is 1. The Bertz CT molecular complexity index is 1370. The van der Waals surface area contributed by atoms with E-state index < -0.39 is 11.7 Å². The van der Waals surface area contributed by atoms with Crippen LogP contribution in [0.25, 0.3) is 27.8 Å². The van der Waals surface area contributed by atoms with E-state index in [1.54, 1.807) is 6.20 Å². The molecule has 180 valence electrons. The Kier molecular flexibility index (Phi) is 5.94. The maximum absolute atomic E-state index is 12.7. The first-order valence-corrected chi connectivity index (χ1v) is 11.9. The van der Waals surface area contributed by atoms with Gasteiger partial charge in [0.15, 0.2) is 6.29 Å². The number of hydrogen-bond donors (Lipinski definition) is 1. The summed E-state index contributed by atoms with van der Waals surface area (Å²) in [6.07, 6.45) is 2.28. The van der Waals surface area contributed by atoms with Crippen molar-refractivity contribution in [2.24, 2.45) is 0 Å². The van der Waals surface area contributed by atoms with E-state index in [4.69, 9.17) is 4.74 Å². The number of aldehydes is 1. The normalized spacial score (nSPS) is 14.3. The molecule has 1 aliphatic heterocycles. The molecule has 0 radical (unpaired) electrons. The van der Waals surface area contributed by atoms with Crippen LogP contribution in [0, 0.1) is 0 Å². The first-order chi connectivity index (χ1) is 16.9. The summed E-state index contributed by atoms with van der Waals surface area (Å²) in [4.78, 5) is 27.2. The Morgan fingerprint density at radius 1 is 0.971 bits per heavy atom. The second kappa shape index (κ2) is 9.07. The van der Waals surface area contributed by atoms with Crippen LogP contribution in [0.5, 0.6) is 0 Å². The van der Waals surface area contributed by atoms with Crippen LogP contribution in [0.1, 0.15) is 31.1 Å². The lowest BCUT2D eigenvalue weighted by Crippen LogP contribution is -2.44. The molecule has 1 fully saturated rings. The second-order valence-corrected chi connectivity index (χ2v) is 9.74. The lowest BCUT2D eigenvalue weighted by molar-refractivity contribution is 0.0540. The van der Waals surface area contributed by atoms with E-state index in [9.17, 15) is 9.59 Å². The lowest BCUT2D eigenvalue weighted by atomic mass is 10.1. The number of nitrogens with zero attached hydrogens (tertiary/aromatic N) is 3.